The molecule has 63 valence electrons. The Morgan fingerprint density at radius 1 is 1.27 bits per heavy atom. The number of hydrogen-bond donors (Lipinski definition) is 0. The van der Waals surface area contributed by atoms with Gasteiger partial charge in [0.1, 0.15) is 14.2 Å². The first-order valence-electron chi connectivity index (χ1n) is 4.56. The molecule has 1 aliphatic rings. The standard InChI is InChI=1S/C9H17OSi/c1-8(10)11(2)9-6-4-3-5-7-9/h9H,3-7H2,1-2H3. The molecule has 1 rings (SSSR count). The second kappa shape index (κ2) is 4.05. The summed E-state index contributed by atoms with van der Waals surface area (Å²) in [5, 5.41) is 0.474. The van der Waals surface area contributed by atoms with Gasteiger partial charge in [0.25, 0.3) is 0 Å². The first-order valence-corrected chi connectivity index (χ1v) is 6.64. The second-order valence-electron chi connectivity index (χ2n) is 3.57. The molecule has 0 saturated heterocycles. The lowest BCUT2D eigenvalue weighted by molar-refractivity contribution is -0.110. The normalized spacial score (nSPS) is 20.6. The van der Waals surface area contributed by atoms with E-state index >= 15 is 0 Å². The van der Waals surface area contributed by atoms with E-state index in [0.717, 1.165) is 5.54 Å². The predicted molar refractivity (Wildman–Crippen MR) is 49.1 cm³/mol. The fourth-order valence-corrected chi connectivity index (χ4v) is 3.67. The largest absolute Gasteiger partial charge is 0.306 e. The molecule has 0 atom stereocenters. The zero-order valence-corrected chi connectivity index (χ0v) is 8.52. The lowest BCUT2D eigenvalue weighted by atomic mass is 10.0. The smallest absolute Gasteiger partial charge is 0.134 e. The van der Waals surface area contributed by atoms with Crippen LogP contribution in [-0.4, -0.2) is 14.2 Å². The van der Waals surface area contributed by atoms with Crippen molar-refractivity contribution in [3.63, 3.8) is 0 Å². The molecular weight excluding hydrogens is 152 g/mol. The summed E-state index contributed by atoms with van der Waals surface area (Å²) in [6.45, 7) is 3.95. The van der Waals surface area contributed by atoms with Crippen LogP contribution in [0.1, 0.15) is 39.0 Å². The van der Waals surface area contributed by atoms with Crippen molar-refractivity contribution in [3.8, 4) is 0 Å². The Hall–Kier alpha value is -0.113. The van der Waals surface area contributed by atoms with Crippen LogP contribution < -0.4 is 0 Å². The molecule has 2 heteroatoms. The molecule has 0 aromatic heterocycles. The minimum atomic E-state index is -0.646. The van der Waals surface area contributed by atoms with Crippen molar-refractivity contribution in [2.75, 3.05) is 0 Å². The quantitative estimate of drug-likeness (QED) is 0.581. The van der Waals surface area contributed by atoms with E-state index in [1.807, 2.05) is 0 Å². The maximum atomic E-state index is 11.1. The molecular formula is C9H17OSi. The number of carbonyl (C=O) groups is 1. The van der Waals surface area contributed by atoms with Gasteiger partial charge in [-0.15, -0.1) is 0 Å². The monoisotopic (exact) mass is 169 g/mol. The highest BCUT2D eigenvalue weighted by molar-refractivity contribution is 6.89. The molecule has 0 heterocycles. The maximum Gasteiger partial charge on any atom is 0.134 e. The fraction of sp³-hybridized carbons (Fsp3) is 0.889. The summed E-state index contributed by atoms with van der Waals surface area (Å²) >= 11 is 0. The van der Waals surface area contributed by atoms with Gasteiger partial charge >= 0.3 is 0 Å². The molecule has 11 heavy (non-hydrogen) atoms. The zero-order valence-electron chi connectivity index (χ0n) is 7.52. The molecule has 0 aromatic rings. The Balaban J connectivity index is 2.38. The summed E-state index contributed by atoms with van der Waals surface area (Å²) in [6.07, 6.45) is 6.76. The molecule has 0 spiro atoms. The van der Waals surface area contributed by atoms with E-state index in [4.69, 9.17) is 0 Å². The van der Waals surface area contributed by atoms with Crippen LogP contribution in [0.15, 0.2) is 0 Å². The van der Waals surface area contributed by atoms with Crippen molar-refractivity contribution >= 4 is 14.2 Å². The minimum absolute atomic E-state index is 0.474. The lowest BCUT2D eigenvalue weighted by Gasteiger charge is -2.24. The average Bonchev–Trinajstić information content (AvgIpc) is 2.05. The summed E-state index contributed by atoms with van der Waals surface area (Å²) in [4.78, 5) is 11.1. The van der Waals surface area contributed by atoms with Crippen LogP contribution in [0.3, 0.4) is 0 Å². The predicted octanol–water partition coefficient (Wildman–Crippen LogP) is 2.57. The molecule has 1 aliphatic carbocycles. The molecule has 0 amide bonds. The fourth-order valence-electron chi connectivity index (χ4n) is 1.82. The molecule has 0 unspecified atom stereocenters. The maximum absolute atomic E-state index is 11.1. The Bertz CT molecular complexity index is 138. The van der Waals surface area contributed by atoms with Crippen LogP contribution in [0.5, 0.6) is 0 Å². The van der Waals surface area contributed by atoms with Crippen LogP contribution in [0.2, 0.25) is 12.1 Å². The average molecular weight is 169 g/mol. The Kier molecular flexibility index (Phi) is 3.30. The first-order chi connectivity index (χ1) is 5.22. The third-order valence-corrected chi connectivity index (χ3v) is 5.69. The molecule has 1 nitrogen and oxygen atoms in total. The Labute approximate surface area is 70.8 Å². The molecule has 0 aromatic carbocycles. The van der Waals surface area contributed by atoms with Gasteiger partial charge in [0, 0.05) is 0 Å². The highest BCUT2D eigenvalue weighted by Crippen LogP contribution is 2.31. The molecule has 1 fully saturated rings. The van der Waals surface area contributed by atoms with E-state index in [9.17, 15) is 4.79 Å². The van der Waals surface area contributed by atoms with E-state index in [2.05, 4.69) is 6.55 Å². The van der Waals surface area contributed by atoms with Crippen LogP contribution in [-0.2, 0) is 4.79 Å². The molecule has 1 saturated carbocycles. The molecule has 1 radical (unpaired) electrons. The van der Waals surface area contributed by atoms with Crippen molar-refractivity contribution in [1.82, 2.24) is 0 Å². The summed E-state index contributed by atoms with van der Waals surface area (Å²) in [5.74, 6) is 0. The Morgan fingerprint density at radius 3 is 2.27 bits per heavy atom. The molecule has 0 N–H and O–H groups in total. The van der Waals surface area contributed by atoms with E-state index in [0.29, 0.717) is 5.41 Å². The number of carbonyl (C=O) groups excluding carboxylic acids is 1. The summed E-state index contributed by atoms with van der Waals surface area (Å²) in [6, 6.07) is 0. The number of rotatable bonds is 2. The van der Waals surface area contributed by atoms with Crippen molar-refractivity contribution in [2.24, 2.45) is 0 Å². The van der Waals surface area contributed by atoms with E-state index in [1.54, 1.807) is 6.92 Å². The Morgan fingerprint density at radius 2 is 1.82 bits per heavy atom. The summed E-state index contributed by atoms with van der Waals surface area (Å²) in [5.41, 5.74) is 0.797. The van der Waals surface area contributed by atoms with Gasteiger partial charge in [0.15, 0.2) is 0 Å². The summed E-state index contributed by atoms with van der Waals surface area (Å²) < 4.78 is 0. The van der Waals surface area contributed by atoms with Crippen LogP contribution in [0, 0.1) is 0 Å². The third kappa shape index (κ3) is 2.44. The molecule has 0 aliphatic heterocycles. The van der Waals surface area contributed by atoms with Gasteiger partial charge < -0.3 is 4.79 Å². The highest BCUT2D eigenvalue weighted by atomic mass is 28.3. The topological polar surface area (TPSA) is 17.1 Å². The van der Waals surface area contributed by atoms with Gasteiger partial charge in [0.05, 0.1) is 0 Å². The molecule has 0 bridgehead atoms. The van der Waals surface area contributed by atoms with E-state index < -0.39 is 8.80 Å². The van der Waals surface area contributed by atoms with Crippen LogP contribution >= 0.6 is 0 Å². The highest BCUT2D eigenvalue weighted by Gasteiger charge is 2.24. The first kappa shape index (κ1) is 8.98. The second-order valence-corrected chi connectivity index (χ2v) is 6.46. The van der Waals surface area contributed by atoms with Crippen molar-refractivity contribution in [2.45, 2.75) is 51.1 Å². The van der Waals surface area contributed by atoms with Crippen molar-refractivity contribution in [1.29, 1.82) is 0 Å². The van der Waals surface area contributed by atoms with Crippen molar-refractivity contribution in [3.05, 3.63) is 0 Å². The van der Waals surface area contributed by atoms with Crippen molar-refractivity contribution < 1.29 is 4.79 Å². The van der Waals surface area contributed by atoms with E-state index in [1.165, 1.54) is 32.1 Å². The van der Waals surface area contributed by atoms with Gasteiger partial charge in [-0.3, -0.25) is 0 Å². The summed E-state index contributed by atoms with van der Waals surface area (Å²) in [7, 11) is -0.646. The van der Waals surface area contributed by atoms with Crippen LogP contribution in [0.25, 0.3) is 0 Å². The number of hydrogen-bond acceptors (Lipinski definition) is 1. The van der Waals surface area contributed by atoms with Gasteiger partial charge in [-0.2, -0.15) is 0 Å². The van der Waals surface area contributed by atoms with Gasteiger partial charge in [-0.1, -0.05) is 38.7 Å². The minimum Gasteiger partial charge on any atom is -0.306 e. The van der Waals surface area contributed by atoms with E-state index in [-0.39, 0.29) is 0 Å². The third-order valence-electron chi connectivity index (χ3n) is 2.77. The van der Waals surface area contributed by atoms with Crippen LogP contribution in [0.4, 0.5) is 0 Å². The van der Waals surface area contributed by atoms with Gasteiger partial charge in [-0.05, 0) is 12.5 Å². The zero-order chi connectivity index (χ0) is 8.27. The SMILES string of the molecule is CC(=O)[Si](C)C1CCCCC1. The lowest BCUT2D eigenvalue weighted by Crippen LogP contribution is -2.27. The van der Waals surface area contributed by atoms with Gasteiger partial charge in [-0.25, -0.2) is 0 Å². The van der Waals surface area contributed by atoms with Gasteiger partial charge in [0.2, 0.25) is 0 Å².